The van der Waals surface area contributed by atoms with E-state index in [1.807, 2.05) is 75.5 Å². The quantitative estimate of drug-likeness (QED) is 0.151. The van der Waals surface area contributed by atoms with Crippen LogP contribution < -0.4 is 10.6 Å². The van der Waals surface area contributed by atoms with E-state index in [4.69, 9.17) is 4.74 Å². The first kappa shape index (κ1) is 32.0. The first-order valence-electron chi connectivity index (χ1n) is 15.5. The number of nitrogens with one attached hydrogen (secondary N) is 2. The molecule has 0 bridgehead atoms. The van der Waals surface area contributed by atoms with E-state index in [0.717, 1.165) is 38.2 Å². The number of thioether (sulfide) groups is 1. The second-order valence-corrected chi connectivity index (χ2v) is 13.5. The van der Waals surface area contributed by atoms with Crippen LogP contribution in [0.25, 0.3) is 21.5 Å². The molecule has 2 amide bonds. The number of amides is 2. The average Bonchev–Trinajstić information content (AvgIpc) is 3.02. The van der Waals surface area contributed by atoms with Crippen molar-refractivity contribution in [3.63, 3.8) is 0 Å². The van der Waals surface area contributed by atoms with Gasteiger partial charge in [0, 0.05) is 30.7 Å². The summed E-state index contributed by atoms with van der Waals surface area (Å²) in [5.74, 6) is 0.520. The summed E-state index contributed by atoms with van der Waals surface area (Å²) in [5, 5.41) is 10.5. The van der Waals surface area contributed by atoms with Crippen LogP contribution in [0, 0.1) is 0 Å². The molecular weight excluding hydrogens is 579 g/mol. The fourth-order valence-corrected chi connectivity index (χ4v) is 6.68. The van der Waals surface area contributed by atoms with Crippen molar-refractivity contribution in [2.24, 2.45) is 0 Å². The lowest BCUT2D eigenvalue weighted by Crippen LogP contribution is -2.43. The molecule has 45 heavy (non-hydrogen) atoms. The SMILES string of the molecule is CC(C)(C)OC(=O)NC(CSC(Cc1cccc2ccccc12)C(=O)NCCc1cccnc1)Cc1cccc2ccccc12. The lowest BCUT2D eigenvalue weighted by molar-refractivity contribution is -0.120. The lowest BCUT2D eigenvalue weighted by atomic mass is 9.99. The third-order valence-electron chi connectivity index (χ3n) is 7.58. The van der Waals surface area contributed by atoms with E-state index in [2.05, 4.69) is 64.1 Å². The molecule has 0 spiro atoms. The topological polar surface area (TPSA) is 80.3 Å². The van der Waals surface area contributed by atoms with E-state index >= 15 is 0 Å². The number of fused-ring (bicyclic) bond motifs is 2. The van der Waals surface area contributed by atoms with Gasteiger partial charge in [0.25, 0.3) is 0 Å². The number of hydrogen-bond donors (Lipinski definition) is 2. The first-order valence-corrected chi connectivity index (χ1v) is 16.5. The molecule has 2 N–H and O–H groups in total. The Kier molecular flexibility index (Phi) is 10.7. The maximum absolute atomic E-state index is 13.8. The Balaban J connectivity index is 1.37. The molecule has 0 radical (unpaired) electrons. The summed E-state index contributed by atoms with van der Waals surface area (Å²) in [6, 6.07) is 32.7. The highest BCUT2D eigenvalue weighted by Crippen LogP contribution is 2.26. The van der Waals surface area contributed by atoms with Gasteiger partial charge < -0.3 is 15.4 Å². The van der Waals surface area contributed by atoms with E-state index in [9.17, 15) is 9.59 Å². The van der Waals surface area contributed by atoms with Gasteiger partial charge in [-0.1, -0.05) is 91.0 Å². The third kappa shape index (κ3) is 9.32. The van der Waals surface area contributed by atoms with Crippen LogP contribution in [-0.4, -0.2) is 46.2 Å². The van der Waals surface area contributed by atoms with Crippen LogP contribution in [0.4, 0.5) is 4.79 Å². The molecule has 4 aromatic carbocycles. The molecule has 6 nitrogen and oxygen atoms in total. The second-order valence-electron chi connectivity index (χ2n) is 12.3. The van der Waals surface area contributed by atoms with E-state index < -0.39 is 11.7 Å². The molecule has 0 saturated carbocycles. The van der Waals surface area contributed by atoms with E-state index in [-0.39, 0.29) is 17.2 Å². The summed E-state index contributed by atoms with van der Waals surface area (Å²) in [6.45, 7) is 6.10. The predicted octanol–water partition coefficient (Wildman–Crippen LogP) is 7.53. The molecule has 7 heteroatoms. The number of rotatable bonds is 12. The van der Waals surface area contributed by atoms with Gasteiger partial charge in [-0.25, -0.2) is 4.79 Å². The van der Waals surface area contributed by atoms with Gasteiger partial charge in [0.1, 0.15) is 5.60 Å². The predicted molar refractivity (Wildman–Crippen MR) is 186 cm³/mol. The summed E-state index contributed by atoms with van der Waals surface area (Å²) >= 11 is 1.58. The number of ether oxygens (including phenoxy) is 1. The van der Waals surface area contributed by atoms with Crippen molar-refractivity contribution in [1.82, 2.24) is 15.6 Å². The summed E-state index contributed by atoms with van der Waals surface area (Å²) in [4.78, 5) is 30.9. The van der Waals surface area contributed by atoms with E-state index in [0.29, 0.717) is 31.6 Å². The zero-order valence-electron chi connectivity index (χ0n) is 26.2. The van der Waals surface area contributed by atoms with Gasteiger partial charge in [-0.05, 0) is 84.3 Å². The number of hydrogen-bond acceptors (Lipinski definition) is 5. The van der Waals surface area contributed by atoms with Gasteiger partial charge in [0.15, 0.2) is 0 Å². The molecule has 0 fully saturated rings. The Morgan fingerprint density at radius 2 is 1.42 bits per heavy atom. The van der Waals surface area contributed by atoms with Crippen molar-refractivity contribution in [2.45, 2.75) is 56.9 Å². The minimum absolute atomic E-state index is 0.0157. The zero-order chi connectivity index (χ0) is 31.6. The van der Waals surface area contributed by atoms with Gasteiger partial charge in [-0.15, -0.1) is 11.8 Å². The molecule has 0 aliphatic carbocycles. The first-order chi connectivity index (χ1) is 21.7. The number of carbonyl (C=O) groups is 2. The monoisotopic (exact) mass is 619 g/mol. The molecule has 1 heterocycles. The highest BCUT2D eigenvalue weighted by Gasteiger charge is 2.25. The Hall–Kier alpha value is -4.36. The maximum Gasteiger partial charge on any atom is 0.407 e. The number of aromatic nitrogens is 1. The van der Waals surface area contributed by atoms with Gasteiger partial charge in [-0.3, -0.25) is 9.78 Å². The number of pyridine rings is 1. The molecule has 0 aliphatic rings. The molecular formula is C38H41N3O3S. The maximum atomic E-state index is 13.8. The molecule has 0 saturated heterocycles. The molecule has 1 aromatic heterocycles. The van der Waals surface area contributed by atoms with Crippen LogP contribution in [0.5, 0.6) is 0 Å². The van der Waals surface area contributed by atoms with Crippen molar-refractivity contribution >= 4 is 45.3 Å². The largest absolute Gasteiger partial charge is 0.444 e. The van der Waals surface area contributed by atoms with Crippen molar-refractivity contribution in [3.8, 4) is 0 Å². The Morgan fingerprint density at radius 1 is 0.800 bits per heavy atom. The van der Waals surface area contributed by atoms with Crippen LogP contribution in [0.2, 0.25) is 0 Å². The van der Waals surface area contributed by atoms with Crippen LogP contribution >= 0.6 is 11.8 Å². The minimum Gasteiger partial charge on any atom is -0.444 e. The Labute approximate surface area is 270 Å². The van der Waals surface area contributed by atoms with Crippen LogP contribution in [0.15, 0.2) is 109 Å². The smallest absolute Gasteiger partial charge is 0.407 e. The number of carbonyl (C=O) groups excluding carboxylic acids is 2. The fraction of sp³-hybridized carbons (Fsp3) is 0.289. The summed E-state index contributed by atoms with van der Waals surface area (Å²) in [7, 11) is 0. The number of nitrogens with zero attached hydrogens (tertiary/aromatic N) is 1. The fourth-order valence-electron chi connectivity index (χ4n) is 5.48. The van der Waals surface area contributed by atoms with Crippen molar-refractivity contribution < 1.29 is 14.3 Å². The highest BCUT2D eigenvalue weighted by atomic mass is 32.2. The molecule has 2 unspecified atom stereocenters. The van der Waals surface area contributed by atoms with E-state index in [1.54, 1.807) is 18.0 Å². The standard InChI is InChI=1S/C38H41N3O3S/c1-38(2,3)44-37(43)41-32(23-30-16-8-14-28-12-4-6-18-33(28)30)26-45-35(36(42)40-22-20-27-11-10-21-39-25-27)24-31-17-9-15-29-13-5-7-19-34(29)31/h4-19,21,25,32,35H,20,22-24,26H2,1-3H3,(H,40,42)(H,41,43). The van der Waals surface area contributed by atoms with Crippen molar-refractivity contribution in [3.05, 3.63) is 126 Å². The normalized spacial score (nSPS) is 12.9. The van der Waals surface area contributed by atoms with Gasteiger partial charge in [-0.2, -0.15) is 0 Å². The summed E-state index contributed by atoms with van der Waals surface area (Å²) in [6.07, 6.45) is 5.00. The Bertz CT molecular complexity index is 1720. The minimum atomic E-state index is -0.619. The van der Waals surface area contributed by atoms with Crippen LogP contribution in [0.1, 0.15) is 37.5 Å². The van der Waals surface area contributed by atoms with Gasteiger partial charge in [0.2, 0.25) is 5.91 Å². The van der Waals surface area contributed by atoms with Crippen LogP contribution in [0.3, 0.4) is 0 Å². The summed E-state index contributed by atoms with van der Waals surface area (Å²) < 4.78 is 5.64. The van der Waals surface area contributed by atoms with Gasteiger partial charge >= 0.3 is 6.09 Å². The molecule has 5 aromatic rings. The number of alkyl carbamates (subject to hydrolysis) is 1. The zero-order valence-corrected chi connectivity index (χ0v) is 27.0. The molecule has 0 aliphatic heterocycles. The third-order valence-corrected chi connectivity index (χ3v) is 8.96. The average molecular weight is 620 g/mol. The second kappa shape index (κ2) is 15.1. The van der Waals surface area contributed by atoms with Crippen molar-refractivity contribution in [1.29, 1.82) is 0 Å². The summed E-state index contributed by atoms with van der Waals surface area (Å²) in [5.41, 5.74) is 2.72. The number of benzene rings is 4. The highest BCUT2D eigenvalue weighted by molar-refractivity contribution is 8.00. The molecule has 5 rings (SSSR count). The van der Waals surface area contributed by atoms with Crippen molar-refractivity contribution in [2.75, 3.05) is 12.3 Å². The van der Waals surface area contributed by atoms with Gasteiger partial charge in [0.05, 0.1) is 5.25 Å². The van der Waals surface area contributed by atoms with E-state index in [1.165, 1.54) is 0 Å². The molecule has 2 atom stereocenters. The Morgan fingerprint density at radius 3 is 2.04 bits per heavy atom. The molecule has 232 valence electrons. The van der Waals surface area contributed by atoms with Crippen LogP contribution in [-0.2, 0) is 28.8 Å². The lowest BCUT2D eigenvalue weighted by Gasteiger charge is -2.25.